The Balaban J connectivity index is 1.55. The Bertz CT molecular complexity index is 923. The minimum absolute atomic E-state index is 0.0633. The van der Waals surface area contributed by atoms with Gasteiger partial charge in [-0.2, -0.15) is 8.78 Å². The Hall–Kier alpha value is -2.75. The number of fused-ring (bicyclic) bond motifs is 1. The molecule has 0 spiro atoms. The van der Waals surface area contributed by atoms with Crippen LogP contribution in [0.2, 0.25) is 0 Å². The first-order valence-corrected chi connectivity index (χ1v) is 7.79. The molecular weight excluding hydrogens is 340 g/mol. The van der Waals surface area contributed by atoms with Crippen LogP contribution in [0.1, 0.15) is 21.7 Å². The first-order valence-electron chi connectivity index (χ1n) is 6.98. The molecular formula is C14H11F2N5O2S. The number of aromatic amines is 1. The number of hydrogen-bond donors (Lipinski definition) is 3. The highest BCUT2D eigenvalue weighted by Crippen LogP contribution is 2.32. The normalized spacial score (nSPS) is 17.1. The Kier molecular flexibility index (Phi) is 3.53. The van der Waals surface area contributed by atoms with Gasteiger partial charge in [0, 0.05) is 29.8 Å². The number of thiazole rings is 1. The zero-order valence-electron chi connectivity index (χ0n) is 12.0. The summed E-state index contributed by atoms with van der Waals surface area (Å²) in [7, 11) is 0. The third-order valence-electron chi connectivity index (χ3n) is 3.56. The summed E-state index contributed by atoms with van der Waals surface area (Å²) in [6.45, 7) is 0. The predicted octanol–water partition coefficient (Wildman–Crippen LogP) is 2.51. The highest BCUT2D eigenvalue weighted by Gasteiger charge is 2.28. The number of aromatic hydroxyl groups is 1. The van der Waals surface area contributed by atoms with Crippen molar-refractivity contribution in [2.75, 3.05) is 0 Å². The fourth-order valence-corrected chi connectivity index (χ4v) is 3.37. The van der Waals surface area contributed by atoms with Crippen LogP contribution in [-0.2, 0) is 11.2 Å². The number of aromatic nitrogens is 3. The van der Waals surface area contributed by atoms with Crippen LogP contribution in [0.25, 0.3) is 10.9 Å². The van der Waals surface area contributed by atoms with Crippen molar-refractivity contribution in [3.8, 4) is 5.88 Å². The predicted molar refractivity (Wildman–Crippen MR) is 83.1 cm³/mol. The van der Waals surface area contributed by atoms with Crippen LogP contribution >= 0.6 is 11.3 Å². The molecule has 1 aliphatic heterocycles. The molecule has 0 saturated heterocycles. The molecule has 0 radical (unpaired) electrons. The molecule has 1 unspecified atom stereocenters. The van der Waals surface area contributed by atoms with E-state index in [0.29, 0.717) is 21.9 Å². The van der Waals surface area contributed by atoms with E-state index >= 15 is 0 Å². The summed E-state index contributed by atoms with van der Waals surface area (Å²) in [5.74, 6) is -0.565. The number of ether oxygens (including phenoxy) is 1. The highest BCUT2D eigenvalue weighted by molar-refractivity contribution is 7.11. The molecule has 0 amide bonds. The summed E-state index contributed by atoms with van der Waals surface area (Å²) >= 11 is 1.30. The van der Waals surface area contributed by atoms with Crippen molar-refractivity contribution >= 4 is 28.1 Å². The number of hydrazone groups is 1. The van der Waals surface area contributed by atoms with Crippen molar-refractivity contribution in [1.82, 2.24) is 20.4 Å². The van der Waals surface area contributed by atoms with Gasteiger partial charge in [-0.05, 0) is 6.07 Å². The van der Waals surface area contributed by atoms with E-state index in [2.05, 4.69) is 25.5 Å². The van der Waals surface area contributed by atoms with Gasteiger partial charge in [0.15, 0.2) is 5.88 Å². The quantitative estimate of drug-likeness (QED) is 0.671. The first-order chi connectivity index (χ1) is 11.6. The molecule has 1 aliphatic rings. The third kappa shape index (κ3) is 2.54. The lowest BCUT2D eigenvalue weighted by molar-refractivity contribution is 0.136. The summed E-state index contributed by atoms with van der Waals surface area (Å²) in [4.78, 5) is 11.8. The summed E-state index contributed by atoms with van der Waals surface area (Å²) in [5, 5.41) is 15.1. The average molecular weight is 351 g/mol. The molecule has 7 nitrogen and oxygen atoms in total. The van der Waals surface area contributed by atoms with Crippen LogP contribution in [-0.4, -0.2) is 32.4 Å². The third-order valence-corrected chi connectivity index (χ3v) is 4.60. The second kappa shape index (κ2) is 5.71. The minimum atomic E-state index is -2.76. The Morgan fingerprint density at radius 2 is 2.25 bits per heavy atom. The molecule has 3 N–H and O–H groups in total. The molecule has 0 saturated carbocycles. The van der Waals surface area contributed by atoms with E-state index in [-0.39, 0.29) is 5.88 Å². The van der Waals surface area contributed by atoms with Crippen molar-refractivity contribution in [3.63, 3.8) is 0 Å². The molecule has 3 aromatic heterocycles. The van der Waals surface area contributed by atoms with E-state index in [4.69, 9.17) is 4.74 Å². The van der Waals surface area contributed by atoms with Gasteiger partial charge in [0.05, 0.1) is 21.6 Å². The van der Waals surface area contributed by atoms with E-state index in [1.807, 2.05) is 0 Å². The van der Waals surface area contributed by atoms with Crippen molar-refractivity contribution in [2.24, 2.45) is 5.10 Å². The van der Waals surface area contributed by atoms with Crippen LogP contribution in [0, 0.1) is 0 Å². The van der Waals surface area contributed by atoms with Gasteiger partial charge in [-0.15, -0.1) is 16.4 Å². The second-order valence-corrected chi connectivity index (χ2v) is 6.23. The number of nitrogens with one attached hydrogen (secondary N) is 2. The monoisotopic (exact) mass is 351 g/mol. The van der Waals surface area contributed by atoms with Crippen LogP contribution in [0.4, 0.5) is 8.78 Å². The average Bonchev–Trinajstić information content (AvgIpc) is 3.27. The number of rotatable bonds is 4. The maximum atomic E-state index is 12.5. The molecule has 0 aliphatic carbocycles. The Labute approximate surface area is 138 Å². The molecule has 0 bridgehead atoms. The fourth-order valence-electron chi connectivity index (χ4n) is 2.46. The smallest absolute Gasteiger partial charge is 0.314 e. The second-order valence-electron chi connectivity index (χ2n) is 5.08. The fraction of sp³-hybridized carbons (Fsp3) is 0.214. The summed E-state index contributed by atoms with van der Waals surface area (Å²) in [6.07, 6.45) is 1.70. The summed E-state index contributed by atoms with van der Waals surface area (Å²) in [6, 6.07) is 1.81. The lowest BCUT2D eigenvalue weighted by Crippen LogP contribution is -2.13. The van der Waals surface area contributed by atoms with E-state index in [1.165, 1.54) is 11.3 Å². The number of halogens is 2. The van der Waals surface area contributed by atoms with Crippen molar-refractivity contribution in [3.05, 3.63) is 40.1 Å². The molecule has 4 heterocycles. The maximum Gasteiger partial charge on any atom is 0.314 e. The number of alkyl halides is 2. The van der Waals surface area contributed by atoms with E-state index in [0.717, 1.165) is 10.9 Å². The van der Waals surface area contributed by atoms with Gasteiger partial charge in [-0.3, -0.25) is 10.4 Å². The molecule has 10 heteroatoms. The van der Waals surface area contributed by atoms with E-state index in [9.17, 15) is 13.9 Å². The zero-order chi connectivity index (χ0) is 16.7. The van der Waals surface area contributed by atoms with Crippen molar-refractivity contribution in [1.29, 1.82) is 0 Å². The van der Waals surface area contributed by atoms with Gasteiger partial charge in [0.1, 0.15) is 0 Å². The lowest BCUT2D eigenvalue weighted by Gasteiger charge is -2.07. The lowest BCUT2D eigenvalue weighted by atomic mass is 10.1. The van der Waals surface area contributed by atoms with Gasteiger partial charge in [0.25, 0.3) is 5.90 Å². The highest BCUT2D eigenvalue weighted by atomic mass is 32.1. The molecule has 4 rings (SSSR count). The van der Waals surface area contributed by atoms with E-state index < -0.39 is 18.6 Å². The van der Waals surface area contributed by atoms with Gasteiger partial charge in [-0.25, -0.2) is 4.98 Å². The SMILES string of the molecule is Oc1[nH]c2cnccc2c1Cc1ncc(C2NN=C(C(F)F)O2)s1. The summed E-state index contributed by atoms with van der Waals surface area (Å²) in [5.41, 5.74) is 3.95. The van der Waals surface area contributed by atoms with Gasteiger partial charge in [0.2, 0.25) is 6.23 Å². The van der Waals surface area contributed by atoms with Crippen LogP contribution < -0.4 is 5.43 Å². The molecule has 0 aromatic carbocycles. The van der Waals surface area contributed by atoms with Crippen LogP contribution in [0.3, 0.4) is 0 Å². The number of H-pyrrole nitrogens is 1. The van der Waals surface area contributed by atoms with Gasteiger partial charge >= 0.3 is 6.43 Å². The topological polar surface area (TPSA) is 95.4 Å². The molecule has 24 heavy (non-hydrogen) atoms. The number of nitrogens with zero attached hydrogens (tertiary/aromatic N) is 3. The van der Waals surface area contributed by atoms with Crippen LogP contribution in [0.15, 0.2) is 29.8 Å². The Morgan fingerprint density at radius 1 is 1.38 bits per heavy atom. The van der Waals surface area contributed by atoms with E-state index in [1.54, 1.807) is 24.7 Å². The standard InChI is InChI=1S/C14H11F2N5O2S/c15-11(16)14-21-20-13(23-14)9-5-18-10(24-9)3-7-6-1-2-17-4-8(6)19-12(7)22/h1-2,4-5,11,13,19-20,22H,3H2. The largest absolute Gasteiger partial charge is 0.494 e. The molecule has 0 fully saturated rings. The van der Waals surface area contributed by atoms with Gasteiger partial charge in [-0.1, -0.05) is 0 Å². The van der Waals surface area contributed by atoms with Crippen LogP contribution in [0.5, 0.6) is 5.88 Å². The number of pyridine rings is 1. The van der Waals surface area contributed by atoms with Gasteiger partial charge < -0.3 is 14.8 Å². The van der Waals surface area contributed by atoms with Crippen molar-refractivity contribution < 1.29 is 18.6 Å². The summed E-state index contributed by atoms with van der Waals surface area (Å²) < 4.78 is 30.1. The molecule has 1 atom stereocenters. The maximum absolute atomic E-state index is 12.5. The Morgan fingerprint density at radius 3 is 3.04 bits per heavy atom. The minimum Gasteiger partial charge on any atom is -0.494 e. The molecule has 124 valence electrons. The van der Waals surface area contributed by atoms with Crippen molar-refractivity contribution in [2.45, 2.75) is 19.1 Å². The first kappa shape index (κ1) is 14.8. The number of hydrogen-bond acceptors (Lipinski definition) is 7. The molecule has 3 aromatic rings. The zero-order valence-corrected chi connectivity index (χ0v) is 12.8.